The first-order valence-electron chi connectivity index (χ1n) is 3.70. The summed E-state index contributed by atoms with van der Waals surface area (Å²) in [4.78, 5) is 3.21. The molecule has 0 aromatic carbocycles. The van der Waals surface area contributed by atoms with Crippen LogP contribution in [-0.4, -0.2) is 11.3 Å². The third-order valence-electron chi connectivity index (χ3n) is 1.34. The normalized spacial score (nSPS) is 10.9. The summed E-state index contributed by atoms with van der Waals surface area (Å²) in [6.07, 6.45) is -5.21. The molecule has 0 radical (unpaired) electrons. The second-order valence-electron chi connectivity index (χ2n) is 2.47. The molecule has 1 heterocycles. The molecule has 0 bridgehead atoms. The highest BCUT2D eigenvalue weighted by Gasteiger charge is 2.33. The van der Waals surface area contributed by atoms with Crippen LogP contribution < -0.4 is 4.74 Å². The molecule has 0 saturated heterocycles. The van der Waals surface area contributed by atoms with Crippen molar-refractivity contribution >= 4 is 0 Å². The van der Waals surface area contributed by atoms with Crippen LogP contribution in [0.15, 0.2) is 12.1 Å². The van der Waals surface area contributed by atoms with E-state index in [1.54, 1.807) is 6.07 Å². The molecule has 0 N–H and O–H groups in total. The number of aromatic nitrogens is 1. The quantitative estimate of drug-likeness (QED) is 0.717. The predicted molar refractivity (Wildman–Crippen MR) is 40.2 cm³/mol. The Hall–Kier alpha value is -1.84. The number of nitriles is 1. The van der Waals surface area contributed by atoms with Gasteiger partial charge in [0.1, 0.15) is 0 Å². The van der Waals surface area contributed by atoms with E-state index < -0.39 is 18.1 Å². The average molecular weight is 220 g/mol. The van der Waals surface area contributed by atoms with E-state index >= 15 is 0 Å². The Balaban J connectivity index is 2.96. The number of hydrogen-bond donors (Lipinski definition) is 0. The third kappa shape index (κ3) is 3.42. The Labute approximate surface area is 81.9 Å². The molecule has 3 nitrogen and oxygen atoms in total. The fourth-order valence-electron chi connectivity index (χ4n) is 0.822. The van der Waals surface area contributed by atoms with Crippen molar-refractivity contribution in [2.45, 2.75) is 12.8 Å². The first-order chi connectivity index (χ1) is 6.92. The minimum absolute atomic E-state index is 0.0122. The summed E-state index contributed by atoms with van der Waals surface area (Å²) in [6.45, 7) is 0. The molecular weight excluding hydrogens is 216 g/mol. The van der Waals surface area contributed by atoms with E-state index in [9.17, 15) is 17.6 Å². The predicted octanol–water partition coefficient (Wildman–Crippen LogP) is 2.19. The van der Waals surface area contributed by atoms with Gasteiger partial charge in [-0.15, -0.1) is 13.2 Å². The van der Waals surface area contributed by atoms with Crippen LogP contribution in [-0.2, 0) is 6.42 Å². The molecule has 80 valence electrons. The zero-order valence-corrected chi connectivity index (χ0v) is 7.18. The van der Waals surface area contributed by atoms with Crippen molar-refractivity contribution in [1.82, 2.24) is 4.98 Å². The summed E-state index contributed by atoms with van der Waals surface area (Å²) in [6, 6.07) is 3.55. The smallest absolute Gasteiger partial charge is 0.385 e. The fraction of sp³-hybridized carbons (Fsp3) is 0.250. The van der Waals surface area contributed by atoms with Crippen molar-refractivity contribution in [2.24, 2.45) is 0 Å². The van der Waals surface area contributed by atoms with Crippen LogP contribution in [0.3, 0.4) is 0 Å². The van der Waals surface area contributed by atoms with Crippen LogP contribution in [0.25, 0.3) is 0 Å². The minimum atomic E-state index is -5.00. The molecule has 0 spiro atoms. The van der Waals surface area contributed by atoms with Crippen molar-refractivity contribution in [2.75, 3.05) is 0 Å². The standard InChI is InChI=1S/C8H4F4N2O/c9-6-2-1-5(3-4-13)14-7(6)15-8(10,11)12/h1-2H,3H2. The molecule has 7 heteroatoms. The number of rotatable bonds is 2. The Morgan fingerprint density at radius 1 is 1.40 bits per heavy atom. The van der Waals surface area contributed by atoms with Gasteiger partial charge in [-0.2, -0.15) is 5.26 Å². The van der Waals surface area contributed by atoms with Crippen molar-refractivity contribution in [1.29, 1.82) is 5.26 Å². The Morgan fingerprint density at radius 2 is 2.07 bits per heavy atom. The summed E-state index contributed by atoms with van der Waals surface area (Å²) < 4.78 is 51.3. The number of pyridine rings is 1. The zero-order valence-electron chi connectivity index (χ0n) is 7.18. The molecule has 0 unspecified atom stereocenters. The van der Waals surface area contributed by atoms with Gasteiger partial charge in [-0.1, -0.05) is 0 Å². The van der Waals surface area contributed by atoms with Crippen LogP contribution in [0.4, 0.5) is 17.6 Å². The van der Waals surface area contributed by atoms with E-state index in [0.29, 0.717) is 0 Å². The summed E-state index contributed by atoms with van der Waals surface area (Å²) in [5.41, 5.74) is 0.0122. The summed E-state index contributed by atoms with van der Waals surface area (Å²) in [7, 11) is 0. The first kappa shape index (κ1) is 11.2. The second-order valence-corrected chi connectivity index (χ2v) is 2.47. The highest BCUT2D eigenvalue weighted by molar-refractivity contribution is 5.20. The summed E-state index contributed by atoms with van der Waals surface area (Å²) in [5.74, 6) is -2.40. The maximum absolute atomic E-state index is 12.8. The third-order valence-corrected chi connectivity index (χ3v) is 1.34. The lowest BCUT2D eigenvalue weighted by Crippen LogP contribution is -2.19. The summed E-state index contributed by atoms with van der Waals surface area (Å²) >= 11 is 0. The molecule has 1 aromatic rings. The van der Waals surface area contributed by atoms with Gasteiger partial charge in [-0.05, 0) is 12.1 Å². The van der Waals surface area contributed by atoms with Crippen LogP contribution in [0, 0.1) is 17.1 Å². The van der Waals surface area contributed by atoms with Crippen LogP contribution in [0.5, 0.6) is 5.88 Å². The molecule has 0 amide bonds. The Kier molecular flexibility index (Phi) is 3.09. The van der Waals surface area contributed by atoms with Crippen molar-refractivity contribution in [3.8, 4) is 11.9 Å². The molecule has 0 aliphatic heterocycles. The second kappa shape index (κ2) is 4.13. The van der Waals surface area contributed by atoms with Crippen LogP contribution in [0.1, 0.15) is 5.69 Å². The van der Waals surface area contributed by atoms with Crippen LogP contribution in [0.2, 0.25) is 0 Å². The number of hydrogen-bond acceptors (Lipinski definition) is 3. The number of alkyl halides is 3. The molecule has 0 aliphatic carbocycles. The molecule has 1 rings (SSSR count). The van der Waals surface area contributed by atoms with Gasteiger partial charge >= 0.3 is 6.36 Å². The molecular formula is C8H4F4N2O. The molecule has 0 atom stereocenters. The maximum Gasteiger partial charge on any atom is 0.574 e. The monoisotopic (exact) mass is 220 g/mol. The Bertz CT molecular complexity index is 397. The van der Waals surface area contributed by atoms with Crippen molar-refractivity contribution in [3.05, 3.63) is 23.6 Å². The molecule has 0 saturated carbocycles. The molecule has 15 heavy (non-hydrogen) atoms. The largest absolute Gasteiger partial charge is 0.574 e. The lowest BCUT2D eigenvalue weighted by atomic mass is 10.3. The van der Waals surface area contributed by atoms with Gasteiger partial charge in [0.2, 0.25) is 0 Å². The number of ether oxygens (including phenoxy) is 1. The fourth-order valence-corrected chi connectivity index (χ4v) is 0.822. The maximum atomic E-state index is 12.8. The van der Waals surface area contributed by atoms with E-state index in [2.05, 4.69) is 9.72 Å². The van der Waals surface area contributed by atoms with Gasteiger partial charge in [0.15, 0.2) is 5.82 Å². The highest BCUT2D eigenvalue weighted by Crippen LogP contribution is 2.23. The Morgan fingerprint density at radius 3 is 2.60 bits per heavy atom. The highest BCUT2D eigenvalue weighted by atomic mass is 19.4. The minimum Gasteiger partial charge on any atom is -0.385 e. The SMILES string of the molecule is N#CCc1ccc(F)c(OC(F)(F)F)n1. The van der Waals surface area contributed by atoms with E-state index in [0.717, 1.165) is 12.1 Å². The van der Waals surface area contributed by atoms with Crippen molar-refractivity contribution in [3.63, 3.8) is 0 Å². The van der Waals surface area contributed by atoms with E-state index in [-0.39, 0.29) is 12.1 Å². The van der Waals surface area contributed by atoms with Gasteiger partial charge in [-0.3, -0.25) is 0 Å². The molecule has 0 aliphatic rings. The van der Waals surface area contributed by atoms with E-state index in [4.69, 9.17) is 5.26 Å². The average Bonchev–Trinajstić information content (AvgIpc) is 2.09. The van der Waals surface area contributed by atoms with Gasteiger partial charge in [0.05, 0.1) is 18.2 Å². The zero-order chi connectivity index (χ0) is 11.5. The van der Waals surface area contributed by atoms with Gasteiger partial charge in [0.25, 0.3) is 5.88 Å². The van der Waals surface area contributed by atoms with E-state index in [1.165, 1.54) is 0 Å². The number of nitrogens with zero attached hydrogens (tertiary/aromatic N) is 2. The molecule has 1 aromatic heterocycles. The lowest BCUT2D eigenvalue weighted by molar-refractivity contribution is -0.277. The van der Waals surface area contributed by atoms with Gasteiger partial charge in [-0.25, -0.2) is 9.37 Å². The topological polar surface area (TPSA) is 45.9 Å². The van der Waals surface area contributed by atoms with Gasteiger partial charge < -0.3 is 4.74 Å². The van der Waals surface area contributed by atoms with Gasteiger partial charge in [0, 0.05) is 0 Å². The van der Waals surface area contributed by atoms with Crippen molar-refractivity contribution < 1.29 is 22.3 Å². The number of halogens is 4. The first-order valence-corrected chi connectivity index (χ1v) is 3.70. The summed E-state index contributed by atoms with van der Waals surface area (Å²) in [5, 5.41) is 8.27. The molecule has 0 fully saturated rings. The lowest BCUT2D eigenvalue weighted by Gasteiger charge is -2.08. The van der Waals surface area contributed by atoms with E-state index in [1.807, 2.05) is 0 Å². The van der Waals surface area contributed by atoms with Crippen LogP contribution >= 0.6 is 0 Å².